The van der Waals surface area contributed by atoms with Crippen LogP contribution in [0.25, 0.3) is 0 Å². The third-order valence-corrected chi connectivity index (χ3v) is 4.49. The number of hydrogen-bond acceptors (Lipinski definition) is 4. The zero-order chi connectivity index (χ0) is 18.4. The van der Waals surface area contributed by atoms with Gasteiger partial charge in [-0.15, -0.1) is 0 Å². The van der Waals surface area contributed by atoms with Crippen LogP contribution in [0.1, 0.15) is 28.8 Å². The molecule has 2 amide bonds. The van der Waals surface area contributed by atoms with Crippen LogP contribution < -0.4 is 5.43 Å². The normalized spacial score (nSPS) is 15.2. The minimum absolute atomic E-state index is 0.00188. The van der Waals surface area contributed by atoms with E-state index in [-0.39, 0.29) is 23.5 Å². The number of amides is 2. The first-order chi connectivity index (χ1) is 12.6. The van der Waals surface area contributed by atoms with Gasteiger partial charge in [0.05, 0.1) is 6.21 Å². The standard InChI is InChI=1S/C20H21N3O3/c24-18-9-5-4-8-17(18)14-21-22-19(25)15-10-12-23(13-11-15)20(26)16-6-2-1-3-7-16/h1-9,14-15,24H,10-13H2,(H,22,25)/b21-14-. The van der Waals surface area contributed by atoms with E-state index in [0.29, 0.717) is 37.1 Å². The Kier molecular flexibility index (Phi) is 5.63. The molecule has 0 bridgehead atoms. The van der Waals surface area contributed by atoms with Gasteiger partial charge in [-0.05, 0) is 37.1 Å². The lowest BCUT2D eigenvalue weighted by atomic mass is 9.95. The summed E-state index contributed by atoms with van der Waals surface area (Å²) in [6, 6.07) is 15.9. The van der Waals surface area contributed by atoms with Crippen LogP contribution in [0, 0.1) is 5.92 Å². The molecule has 0 atom stereocenters. The number of phenolic OH excluding ortho intramolecular Hbond substituents is 1. The first-order valence-electron chi connectivity index (χ1n) is 8.60. The number of phenols is 1. The average molecular weight is 351 g/mol. The highest BCUT2D eigenvalue weighted by molar-refractivity contribution is 5.94. The number of carbonyl (C=O) groups excluding carboxylic acids is 2. The van der Waals surface area contributed by atoms with Crippen molar-refractivity contribution < 1.29 is 14.7 Å². The van der Waals surface area contributed by atoms with Crippen molar-refractivity contribution in [3.63, 3.8) is 0 Å². The number of nitrogens with zero attached hydrogens (tertiary/aromatic N) is 2. The summed E-state index contributed by atoms with van der Waals surface area (Å²) in [6.07, 6.45) is 2.63. The molecule has 0 radical (unpaired) electrons. The molecule has 0 aromatic heterocycles. The van der Waals surface area contributed by atoms with E-state index in [0.717, 1.165) is 0 Å². The summed E-state index contributed by atoms with van der Waals surface area (Å²) in [6.45, 7) is 1.10. The van der Waals surface area contributed by atoms with E-state index in [4.69, 9.17) is 0 Å². The molecule has 0 unspecified atom stereocenters. The van der Waals surface area contributed by atoms with Crippen LogP contribution in [0.2, 0.25) is 0 Å². The van der Waals surface area contributed by atoms with Gasteiger partial charge in [0.1, 0.15) is 5.75 Å². The number of likely N-dealkylation sites (tertiary alicyclic amines) is 1. The summed E-state index contributed by atoms with van der Waals surface area (Å²) in [4.78, 5) is 26.4. The molecular formula is C20H21N3O3. The number of nitrogens with one attached hydrogen (secondary N) is 1. The van der Waals surface area contributed by atoms with Crippen molar-refractivity contribution in [1.29, 1.82) is 0 Å². The Morgan fingerprint density at radius 2 is 1.69 bits per heavy atom. The molecule has 3 rings (SSSR count). The molecule has 0 aliphatic carbocycles. The van der Waals surface area contributed by atoms with E-state index in [2.05, 4.69) is 10.5 Å². The topological polar surface area (TPSA) is 82.0 Å². The highest BCUT2D eigenvalue weighted by Crippen LogP contribution is 2.19. The van der Waals surface area contributed by atoms with Crippen LogP contribution in [0.3, 0.4) is 0 Å². The van der Waals surface area contributed by atoms with Crippen molar-refractivity contribution in [2.24, 2.45) is 11.0 Å². The summed E-state index contributed by atoms with van der Waals surface area (Å²) in [7, 11) is 0. The van der Waals surface area contributed by atoms with Gasteiger partial charge >= 0.3 is 0 Å². The minimum atomic E-state index is -0.170. The fourth-order valence-electron chi connectivity index (χ4n) is 2.96. The van der Waals surface area contributed by atoms with Crippen LogP contribution in [-0.2, 0) is 4.79 Å². The van der Waals surface area contributed by atoms with Gasteiger partial charge < -0.3 is 10.0 Å². The second kappa shape index (κ2) is 8.29. The summed E-state index contributed by atoms with van der Waals surface area (Å²) in [5, 5.41) is 13.6. The van der Waals surface area contributed by atoms with E-state index in [1.807, 2.05) is 18.2 Å². The molecule has 0 spiro atoms. The average Bonchev–Trinajstić information content (AvgIpc) is 2.69. The lowest BCUT2D eigenvalue weighted by molar-refractivity contribution is -0.126. The predicted octanol–water partition coefficient (Wildman–Crippen LogP) is 2.39. The summed E-state index contributed by atoms with van der Waals surface area (Å²) in [5.41, 5.74) is 3.73. The Balaban J connectivity index is 1.49. The van der Waals surface area contributed by atoms with Crippen LogP contribution >= 0.6 is 0 Å². The molecule has 2 N–H and O–H groups in total. The lowest BCUT2D eigenvalue weighted by Crippen LogP contribution is -2.42. The number of para-hydroxylation sites is 1. The quantitative estimate of drug-likeness (QED) is 0.655. The van der Waals surface area contributed by atoms with E-state index in [9.17, 15) is 14.7 Å². The molecule has 1 heterocycles. The molecule has 2 aromatic carbocycles. The number of rotatable bonds is 4. The second-order valence-corrected chi connectivity index (χ2v) is 6.23. The van der Waals surface area contributed by atoms with E-state index in [1.165, 1.54) is 6.21 Å². The second-order valence-electron chi connectivity index (χ2n) is 6.23. The molecule has 6 nitrogen and oxygen atoms in total. The SMILES string of the molecule is O=C(N/N=C\c1ccccc1O)C1CCN(C(=O)c2ccccc2)CC1. The Morgan fingerprint density at radius 3 is 2.38 bits per heavy atom. The zero-order valence-electron chi connectivity index (χ0n) is 14.3. The molecule has 134 valence electrons. The monoisotopic (exact) mass is 351 g/mol. The fourth-order valence-corrected chi connectivity index (χ4v) is 2.96. The third kappa shape index (κ3) is 4.27. The Hall–Kier alpha value is -3.15. The highest BCUT2D eigenvalue weighted by Gasteiger charge is 2.27. The molecule has 1 fully saturated rings. The molecule has 2 aromatic rings. The third-order valence-electron chi connectivity index (χ3n) is 4.49. The zero-order valence-corrected chi connectivity index (χ0v) is 14.3. The fraction of sp³-hybridized carbons (Fsp3) is 0.250. The molecule has 1 saturated heterocycles. The van der Waals surface area contributed by atoms with E-state index in [1.54, 1.807) is 41.3 Å². The van der Waals surface area contributed by atoms with Gasteiger partial charge in [0, 0.05) is 30.1 Å². The largest absolute Gasteiger partial charge is 0.507 e. The maximum Gasteiger partial charge on any atom is 0.253 e. The van der Waals surface area contributed by atoms with E-state index < -0.39 is 0 Å². The molecule has 6 heteroatoms. The molecule has 0 saturated carbocycles. The van der Waals surface area contributed by atoms with Gasteiger partial charge in [-0.3, -0.25) is 9.59 Å². The first-order valence-corrected chi connectivity index (χ1v) is 8.60. The number of piperidine rings is 1. The van der Waals surface area contributed by atoms with E-state index >= 15 is 0 Å². The molecule has 1 aliphatic rings. The summed E-state index contributed by atoms with van der Waals surface area (Å²) in [5.74, 6) is -0.222. The van der Waals surface area contributed by atoms with Crippen molar-refractivity contribution >= 4 is 18.0 Å². The molecular weight excluding hydrogens is 330 g/mol. The molecule has 1 aliphatic heterocycles. The smallest absolute Gasteiger partial charge is 0.253 e. The Morgan fingerprint density at radius 1 is 1.04 bits per heavy atom. The van der Waals surface area contributed by atoms with Crippen LogP contribution in [-0.4, -0.2) is 41.1 Å². The number of aromatic hydroxyl groups is 1. The van der Waals surface area contributed by atoms with Crippen molar-refractivity contribution in [2.75, 3.05) is 13.1 Å². The van der Waals surface area contributed by atoms with Gasteiger partial charge in [0.15, 0.2) is 0 Å². The first kappa shape index (κ1) is 17.7. The maximum atomic E-state index is 12.4. The van der Waals surface area contributed by atoms with Crippen molar-refractivity contribution in [1.82, 2.24) is 10.3 Å². The predicted molar refractivity (Wildman–Crippen MR) is 98.9 cm³/mol. The number of hydrazone groups is 1. The Bertz CT molecular complexity index is 797. The minimum Gasteiger partial charge on any atom is -0.507 e. The van der Waals surface area contributed by atoms with Crippen LogP contribution in [0.5, 0.6) is 5.75 Å². The summed E-state index contributed by atoms with van der Waals surface area (Å²) < 4.78 is 0. The van der Waals surface area contributed by atoms with Gasteiger partial charge in [0.2, 0.25) is 5.91 Å². The van der Waals surface area contributed by atoms with Gasteiger partial charge in [0.25, 0.3) is 5.91 Å². The maximum absolute atomic E-state index is 12.4. The van der Waals surface area contributed by atoms with Gasteiger partial charge in [-0.25, -0.2) is 5.43 Å². The highest BCUT2D eigenvalue weighted by atomic mass is 16.3. The van der Waals surface area contributed by atoms with Crippen molar-refractivity contribution in [3.8, 4) is 5.75 Å². The molecule has 26 heavy (non-hydrogen) atoms. The van der Waals surface area contributed by atoms with Crippen LogP contribution in [0.15, 0.2) is 59.7 Å². The van der Waals surface area contributed by atoms with Gasteiger partial charge in [-0.2, -0.15) is 5.10 Å². The van der Waals surface area contributed by atoms with Crippen molar-refractivity contribution in [3.05, 3.63) is 65.7 Å². The number of carbonyl (C=O) groups is 2. The van der Waals surface area contributed by atoms with Crippen molar-refractivity contribution in [2.45, 2.75) is 12.8 Å². The number of hydrogen-bond donors (Lipinski definition) is 2. The van der Waals surface area contributed by atoms with Gasteiger partial charge in [-0.1, -0.05) is 30.3 Å². The Labute approximate surface area is 152 Å². The number of benzene rings is 2. The lowest BCUT2D eigenvalue weighted by Gasteiger charge is -2.31. The summed E-state index contributed by atoms with van der Waals surface area (Å²) >= 11 is 0. The van der Waals surface area contributed by atoms with Crippen LogP contribution in [0.4, 0.5) is 0 Å².